The summed E-state index contributed by atoms with van der Waals surface area (Å²) in [6.45, 7) is 3.55. The van der Waals surface area contributed by atoms with Gasteiger partial charge in [0.1, 0.15) is 17.0 Å². The molecule has 27 heavy (non-hydrogen) atoms. The van der Waals surface area contributed by atoms with E-state index in [1.807, 2.05) is 36.4 Å². The normalized spacial score (nSPS) is 20.5. The third kappa shape index (κ3) is 3.88. The van der Waals surface area contributed by atoms with Gasteiger partial charge in [0.15, 0.2) is 0 Å². The zero-order valence-electron chi connectivity index (χ0n) is 15.6. The lowest BCUT2D eigenvalue weighted by molar-refractivity contribution is -0.144. The van der Waals surface area contributed by atoms with Crippen molar-refractivity contribution in [3.63, 3.8) is 0 Å². The summed E-state index contributed by atoms with van der Waals surface area (Å²) in [6.07, 6.45) is 1.52. The molecule has 0 unspecified atom stereocenters. The van der Waals surface area contributed by atoms with Crippen LogP contribution < -0.4 is 5.32 Å². The fourth-order valence-corrected chi connectivity index (χ4v) is 3.67. The second kappa shape index (κ2) is 7.92. The van der Waals surface area contributed by atoms with E-state index in [0.29, 0.717) is 24.4 Å². The van der Waals surface area contributed by atoms with Gasteiger partial charge in [-0.3, -0.25) is 9.59 Å². The van der Waals surface area contributed by atoms with Crippen LogP contribution in [0.1, 0.15) is 32.4 Å². The smallest absolute Gasteiger partial charge is 0.246 e. The molecule has 3 rings (SSSR count). The van der Waals surface area contributed by atoms with E-state index in [0.717, 1.165) is 12.0 Å². The lowest BCUT2D eigenvalue weighted by Gasteiger charge is -2.36. The van der Waals surface area contributed by atoms with Crippen LogP contribution in [0.2, 0.25) is 0 Å². The Hall–Kier alpha value is -2.67. The van der Waals surface area contributed by atoms with E-state index in [-0.39, 0.29) is 24.8 Å². The van der Waals surface area contributed by atoms with Crippen LogP contribution in [0.5, 0.6) is 0 Å². The predicted octanol–water partition coefficient (Wildman–Crippen LogP) is 1.76. The van der Waals surface area contributed by atoms with Crippen molar-refractivity contribution in [1.82, 2.24) is 15.4 Å². The molecule has 2 amide bonds. The first kappa shape index (κ1) is 19.1. The summed E-state index contributed by atoms with van der Waals surface area (Å²) in [5.74, 6) is 0.130. The van der Waals surface area contributed by atoms with Gasteiger partial charge in [-0.2, -0.15) is 0 Å². The minimum Gasteiger partial charge on any atom is -0.394 e. The van der Waals surface area contributed by atoms with Crippen molar-refractivity contribution < 1.29 is 19.2 Å². The molecular formula is C20H25N3O4. The standard InChI is InChI=1S/C20H25N3O4/c1-14(13-24)21-19(26)20(9-6-10-23(20)15(2)25)12-17-11-18(22-27-17)16-7-4-3-5-8-16/h3-5,7-8,11,14,24H,6,9-10,12-13H2,1-2H3,(H,21,26)/t14-,20+/m0/s1. The Morgan fingerprint density at radius 3 is 2.78 bits per heavy atom. The van der Waals surface area contributed by atoms with Gasteiger partial charge in [-0.25, -0.2) is 0 Å². The lowest BCUT2D eigenvalue weighted by atomic mass is 9.88. The topological polar surface area (TPSA) is 95.7 Å². The highest BCUT2D eigenvalue weighted by atomic mass is 16.5. The highest BCUT2D eigenvalue weighted by Gasteiger charge is 2.49. The van der Waals surface area contributed by atoms with E-state index in [1.165, 1.54) is 6.92 Å². The van der Waals surface area contributed by atoms with Gasteiger partial charge in [0.25, 0.3) is 0 Å². The average Bonchev–Trinajstić information content (AvgIpc) is 3.30. The first-order valence-electron chi connectivity index (χ1n) is 9.17. The zero-order valence-corrected chi connectivity index (χ0v) is 15.6. The molecule has 1 aromatic carbocycles. The quantitative estimate of drug-likeness (QED) is 0.807. The molecule has 1 aliphatic heterocycles. The van der Waals surface area contributed by atoms with Crippen LogP contribution in [0.4, 0.5) is 0 Å². The van der Waals surface area contributed by atoms with Crippen molar-refractivity contribution in [2.24, 2.45) is 0 Å². The largest absolute Gasteiger partial charge is 0.394 e. The van der Waals surface area contributed by atoms with Crippen molar-refractivity contribution in [3.8, 4) is 11.3 Å². The summed E-state index contributed by atoms with van der Waals surface area (Å²) in [4.78, 5) is 26.9. The van der Waals surface area contributed by atoms with Gasteiger partial charge in [-0.1, -0.05) is 35.5 Å². The summed E-state index contributed by atoms with van der Waals surface area (Å²) in [5, 5.41) is 16.2. The number of amides is 2. The fourth-order valence-electron chi connectivity index (χ4n) is 3.67. The molecule has 0 saturated carbocycles. The van der Waals surface area contributed by atoms with Crippen LogP contribution in [-0.4, -0.2) is 51.7 Å². The van der Waals surface area contributed by atoms with Crippen LogP contribution in [0.3, 0.4) is 0 Å². The van der Waals surface area contributed by atoms with E-state index in [1.54, 1.807) is 11.8 Å². The Bertz CT molecular complexity index is 805. The number of hydrogen-bond donors (Lipinski definition) is 2. The molecule has 1 saturated heterocycles. The first-order chi connectivity index (χ1) is 13.0. The molecule has 1 aromatic heterocycles. The molecule has 7 heteroatoms. The molecule has 2 N–H and O–H groups in total. The Morgan fingerprint density at radius 1 is 1.37 bits per heavy atom. The van der Waals surface area contributed by atoms with Crippen molar-refractivity contribution in [1.29, 1.82) is 0 Å². The number of aromatic nitrogens is 1. The third-order valence-electron chi connectivity index (χ3n) is 5.04. The number of nitrogens with zero attached hydrogens (tertiary/aromatic N) is 2. The maximum atomic E-state index is 13.1. The SMILES string of the molecule is CC(=O)N1CCC[C@@]1(Cc1cc(-c2ccccc2)no1)C(=O)N[C@@H](C)CO. The maximum Gasteiger partial charge on any atom is 0.246 e. The molecule has 7 nitrogen and oxygen atoms in total. The summed E-state index contributed by atoms with van der Waals surface area (Å²) < 4.78 is 5.50. The molecule has 2 aromatic rings. The Kier molecular flexibility index (Phi) is 5.60. The van der Waals surface area contributed by atoms with Gasteiger partial charge in [-0.05, 0) is 19.8 Å². The predicted molar refractivity (Wildman–Crippen MR) is 99.7 cm³/mol. The second-order valence-electron chi connectivity index (χ2n) is 7.08. The molecule has 0 radical (unpaired) electrons. The number of likely N-dealkylation sites (tertiary alicyclic amines) is 1. The van der Waals surface area contributed by atoms with Crippen LogP contribution in [0.25, 0.3) is 11.3 Å². The fraction of sp³-hybridized carbons (Fsp3) is 0.450. The van der Waals surface area contributed by atoms with Crippen LogP contribution in [-0.2, 0) is 16.0 Å². The number of carbonyl (C=O) groups excluding carboxylic acids is 2. The van der Waals surface area contributed by atoms with Gasteiger partial charge in [0.05, 0.1) is 6.61 Å². The molecule has 1 fully saturated rings. The van der Waals surface area contributed by atoms with Crippen LogP contribution in [0, 0.1) is 0 Å². The van der Waals surface area contributed by atoms with Gasteiger partial charge >= 0.3 is 0 Å². The second-order valence-corrected chi connectivity index (χ2v) is 7.08. The van der Waals surface area contributed by atoms with Crippen LogP contribution in [0.15, 0.2) is 40.9 Å². The third-order valence-corrected chi connectivity index (χ3v) is 5.04. The summed E-state index contributed by atoms with van der Waals surface area (Å²) in [5.41, 5.74) is 0.593. The van der Waals surface area contributed by atoms with Crippen molar-refractivity contribution in [2.45, 2.75) is 44.7 Å². The van der Waals surface area contributed by atoms with E-state index >= 15 is 0 Å². The Morgan fingerprint density at radius 2 is 2.11 bits per heavy atom. The molecular weight excluding hydrogens is 346 g/mol. The summed E-state index contributed by atoms with van der Waals surface area (Å²) >= 11 is 0. The Labute approximate surface area is 158 Å². The molecule has 2 atom stereocenters. The summed E-state index contributed by atoms with van der Waals surface area (Å²) in [7, 11) is 0. The number of aliphatic hydroxyl groups excluding tert-OH is 1. The Balaban J connectivity index is 1.89. The van der Waals surface area contributed by atoms with E-state index in [9.17, 15) is 14.7 Å². The average molecular weight is 371 g/mol. The lowest BCUT2D eigenvalue weighted by Crippen LogP contribution is -2.59. The van der Waals surface area contributed by atoms with Gasteiger partial charge in [0.2, 0.25) is 11.8 Å². The number of benzene rings is 1. The minimum atomic E-state index is -1.03. The highest BCUT2D eigenvalue weighted by Crippen LogP contribution is 2.34. The molecule has 144 valence electrons. The van der Waals surface area contributed by atoms with Gasteiger partial charge < -0.3 is 19.8 Å². The molecule has 2 heterocycles. The van der Waals surface area contributed by atoms with Gasteiger partial charge in [-0.15, -0.1) is 0 Å². The molecule has 1 aliphatic rings. The number of nitrogens with one attached hydrogen (secondary N) is 1. The monoisotopic (exact) mass is 371 g/mol. The van der Waals surface area contributed by atoms with E-state index in [2.05, 4.69) is 10.5 Å². The zero-order chi connectivity index (χ0) is 19.4. The molecule has 0 bridgehead atoms. The first-order valence-corrected chi connectivity index (χ1v) is 9.17. The van der Waals surface area contributed by atoms with Crippen molar-refractivity contribution in [2.75, 3.05) is 13.2 Å². The van der Waals surface area contributed by atoms with Crippen molar-refractivity contribution >= 4 is 11.8 Å². The minimum absolute atomic E-state index is 0.151. The van der Waals surface area contributed by atoms with Crippen molar-refractivity contribution in [3.05, 3.63) is 42.2 Å². The molecule has 0 spiro atoms. The number of carbonyl (C=O) groups is 2. The molecule has 0 aliphatic carbocycles. The summed E-state index contributed by atoms with van der Waals surface area (Å²) in [6, 6.07) is 11.1. The highest BCUT2D eigenvalue weighted by molar-refractivity contribution is 5.92. The van der Waals surface area contributed by atoms with Gasteiger partial charge in [0, 0.05) is 37.6 Å². The van der Waals surface area contributed by atoms with Crippen LogP contribution >= 0.6 is 0 Å². The van der Waals surface area contributed by atoms with E-state index < -0.39 is 11.6 Å². The number of aliphatic hydroxyl groups is 1. The van der Waals surface area contributed by atoms with E-state index in [4.69, 9.17) is 4.52 Å². The maximum absolute atomic E-state index is 13.1. The number of rotatable bonds is 6. The number of hydrogen-bond acceptors (Lipinski definition) is 5.